The molecule has 0 aliphatic rings. The maximum atomic E-state index is 4.32. The lowest BCUT2D eigenvalue weighted by molar-refractivity contribution is 0.808. The van der Waals surface area contributed by atoms with E-state index in [0.29, 0.717) is 5.92 Å². The molecule has 2 rings (SSSR count). The normalized spacial score (nSPS) is 11.4. The summed E-state index contributed by atoms with van der Waals surface area (Å²) in [6, 6.07) is 4.02. The van der Waals surface area contributed by atoms with Gasteiger partial charge in [-0.05, 0) is 34.0 Å². The molecule has 0 unspecified atom stereocenters. The van der Waals surface area contributed by atoms with E-state index in [1.54, 1.807) is 0 Å². The molecule has 0 bridgehead atoms. The number of halogens is 1. The summed E-state index contributed by atoms with van der Waals surface area (Å²) in [7, 11) is 0. The van der Waals surface area contributed by atoms with E-state index in [1.165, 1.54) is 5.69 Å². The molecule has 0 saturated carbocycles. The Morgan fingerprint density at radius 3 is 2.85 bits per heavy atom. The molecule has 0 atom stereocenters. The Morgan fingerprint density at radius 2 is 2.15 bits per heavy atom. The van der Waals surface area contributed by atoms with Gasteiger partial charge in [-0.3, -0.25) is 0 Å². The number of aromatic nitrogens is 2. The van der Waals surface area contributed by atoms with E-state index in [4.69, 9.17) is 0 Å². The second-order valence-electron chi connectivity index (χ2n) is 3.41. The minimum absolute atomic E-state index is 0.504. The summed E-state index contributed by atoms with van der Waals surface area (Å²) in [4.78, 5) is 4.32. The molecular formula is C10H11BrN2. The molecule has 0 aliphatic carbocycles. The summed E-state index contributed by atoms with van der Waals surface area (Å²) in [5, 5.41) is 0. The SMILES string of the molecule is CC(C)c1cnc2ccc(Br)cn12. The third kappa shape index (κ3) is 1.48. The first-order valence-electron chi connectivity index (χ1n) is 4.31. The molecule has 2 nitrogen and oxygen atoms in total. The molecule has 68 valence electrons. The Labute approximate surface area is 85.7 Å². The molecule has 2 heterocycles. The largest absolute Gasteiger partial charge is 0.303 e. The number of imidazole rings is 1. The Morgan fingerprint density at radius 1 is 1.38 bits per heavy atom. The van der Waals surface area contributed by atoms with Gasteiger partial charge in [0.2, 0.25) is 0 Å². The predicted octanol–water partition coefficient (Wildman–Crippen LogP) is 3.22. The minimum atomic E-state index is 0.504. The molecule has 0 saturated heterocycles. The highest BCUT2D eigenvalue weighted by Crippen LogP contribution is 2.18. The van der Waals surface area contributed by atoms with Gasteiger partial charge in [-0.2, -0.15) is 0 Å². The average Bonchev–Trinajstić information content (AvgIpc) is 2.46. The fourth-order valence-electron chi connectivity index (χ4n) is 1.40. The van der Waals surface area contributed by atoms with Crippen molar-refractivity contribution < 1.29 is 0 Å². The van der Waals surface area contributed by atoms with Gasteiger partial charge in [-0.25, -0.2) is 4.98 Å². The van der Waals surface area contributed by atoms with Crippen molar-refractivity contribution in [2.75, 3.05) is 0 Å². The topological polar surface area (TPSA) is 17.3 Å². The van der Waals surface area contributed by atoms with Gasteiger partial charge >= 0.3 is 0 Å². The average molecular weight is 239 g/mol. The fourth-order valence-corrected chi connectivity index (χ4v) is 1.74. The monoisotopic (exact) mass is 238 g/mol. The highest BCUT2D eigenvalue weighted by Gasteiger charge is 2.06. The number of pyridine rings is 1. The smallest absolute Gasteiger partial charge is 0.136 e. The van der Waals surface area contributed by atoms with Crippen LogP contribution in [0.25, 0.3) is 5.65 Å². The van der Waals surface area contributed by atoms with Crippen LogP contribution < -0.4 is 0 Å². The molecule has 0 aromatic carbocycles. The van der Waals surface area contributed by atoms with Crippen LogP contribution in [0.3, 0.4) is 0 Å². The van der Waals surface area contributed by atoms with E-state index < -0.39 is 0 Å². The van der Waals surface area contributed by atoms with Crippen LogP contribution in [0.4, 0.5) is 0 Å². The Hall–Kier alpha value is -0.830. The van der Waals surface area contributed by atoms with Crippen LogP contribution in [0.5, 0.6) is 0 Å². The minimum Gasteiger partial charge on any atom is -0.303 e. The van der Waals surface area contributed by atoms with Gasteiger partial charge in [0.25, 0.3) is 0 Å². The first kappa shape index (κ1) is 8.75. The van der Waals surface area contributed by atoms with Crippen LogP contribution in [0.2, 0.25) is 0 Å². The van der Waals surface area contributed by atoms with Gasteiger partial charge in [0.15, 0.2) is 0 Å². The van der Waals surface area contributed by atoms with Crippen LogP contribution in [-0.2, 0) is 0 Å². The zero-order valence-corrected chi connectivity index (χ0v) is 9.25. The zero-order valence-electron chi connectivity index (χ0n) is 7.66. The highest BCUT2D eigenvalue weighted by atomic mass is 79.9. The molecule has 0 amide bonds. The molecule has 0 spiro atoms. The van der Waals surface area contributed by atoms with Gasteiger partial charge in [-0.15, -0.1) is 0 Å². The Kier molecular flexibility index (Phi) is 2.12. The lowest BCUT2D eigenvalue weighted by Crippen LogP contribution is -1.94. The van der Waals surface area contributed by atoms with Crippen molar-refractivity contribution >= 4 is 21.6 Å². The molecule has 0 N–H and O–H groups in total. The lowest BCUT2D eigenvalue weighted by atomic mass is 10.1. The lowest BCUT2D eigenvalue weighted by Gasteiger charge is -2.04. The van der Waals surface area contributed by atoms with Gasteiger partial charge in [-0.1, -0.05) is 13.8 Å². The summed E-state index contributed by atoms with van der Waals surface area (Å²) < 4.78 is 3.20. The molecular weight excluding hydrogens is 228 g/mol. The van der Waals surface area contributed by atoms with E-state index in [9.17, 15) is 0 Å². The summed E-state index contributed by atoms with van der Waals surface area (Å²) in [6.07, 6.45) is 3.99. The zero-order chi connectivity index (χ0) is 9.42. The Bertz CT molecular complexity index is 431. The summed E-state index contributed by atoms with van der Waals surface area (Å²) in [5.41, 5.74) is 2.25. The van der Waals surface area contributed by atoms with Crippen LogP contribution in [0.15, 0.2) is 29.0 Å². The van der Waals surface area contributed by atoms with Crippen molar-refractivity contribution in [2.24, 2.45) is 0 Å². The van der Waals surface area contributed by atoms with Crippen molar-refractivity contribution in [3.05, 3.63) is 34.7 Å². The van der Waals surface area contributed by atoms with Crippen LogP contribution in [-0.4, -0.2) is 9.38 Å². The van der Waals surface area contributed by atoms with Gasteiger partial charge in [0, 0.05) is 22.6 Å². The molecule has 2 aromatic rings. The maximum absolute atomic E-state index is 4.32. The summed E-state index contributed by atoms with van der Waals surface area (Å²) >= 11 is 3.45. The van der Waals surface area contributed by atoms with E-state index in [1.807, 2.05) is 18.3 Å². The van der Waals surface area contributed by atoms with Crippen LogP contribution in [0.1, 0.15) is 25.5 Å². The second kappa shape index (κ2) is 3.14. The number of hydrogen-bond donors (Lipinski definition) is 0. The third-order valence-electron chi connectivity index (χ3n) is 2.09. The van der Waals surface area contributed by atoms with Crippen molar-refractivity contribution in [2.45, 2.75) is 19.8 Å². The Balaban J connectivity index is 2.71. The van der Waals surface area contributed by atoms with Gasteiger partial charge < -0.3 is 4.40 Å². The molecule has 3 heteroatoms. The first-order valence-corrected chi connectivity index (χ1v) is 5.10. The quantitative estimate of drug-likeness (QED) is 0.746. The van der Waals surface area contributed by atoms with E-state index in [0.717, 1.165) is 10.1 Å². The molecule has 0 fully saturated rings. The van der Waals surface area contributed by atoms with E-state index in [2.05, 4.69) is 45.4 Å². The van der Waals surface area contributed by atoms with Gasteiger partial charge in [0.1, 0.15) is 5.65 Å². The van der Waals surface area contributed by atoms with Crippen molar-refractivity contribution in [1.29, 1.82) is 0 Å². The molecule has 13 heavy (non-hydrogen) atoms. The molecule has 0 radical (unpaired) electrons. The van der Waals surface area contributed by atoms with Crippen molar-refractivity contribution in [3.8, 4) is 0 Å². The second-order valence-corrected chi connectivity index (χ2v) is 4.33. The van der Waals surface area contributed by atoms with E-state index >= 15 is 0 Å². The molecule has 2 aromatic heterocycles. The van der Waals surface area contributed by atoms with Crippen molar-refractivity contribution in [1.82, 2.24) is 9.38 Å². The van der Waals surface area contributed by atoms with Crippen LogP contribution >= 0.6 is 15.9 Å². The summed E-state index contributed by atoms with van der Waals surface area (Å²) in [5.74, 6) is 0.504. The standard InChI is InChI=1S/C10H11BrN2/c1-7(2)9-5-12-10-4-3-8(11)6-13(9)10/h3-7H,1-2H3. The third-order valence-corrected chi connectivity index (χ3v) is 2.56. The van der Waals surface area contributed by atoms with E-state index in [-0.39, 0.29) is 0 Å². The van der Waals surface area contributed by atoms with Crippen molar-refractivity contribution in [3.63, 3.8) is 0 Å². The molecule has 0 aliphatic heterocycles. The first-order chi connectivity index (χ1) is 6.18. The predicted molar refractivity (Wildman–Crippen MR) is 57.0 cm³/mol. The van der Waals surface area contributed by atoms with Crippen LogP contribution in [0, 0.1) is 0 Å². The fraction of sp³-hybridized carbons (Fsp3) is 0.300. The number of nitrogens with zero attached hydrogens (tertiary/aromatic N) is 2. The maximum Gasteiger partial charge on any atom is 0.136 e. The van der Waals surface area contributed by atoms with Gasteiger partial charge in [0.05, 0.1) is 0 Å². The number of hydrogen-bond acceptors (Lipinski definition) is 1. The summed E-state index contributed by atoms with van der Waals surface area (Å²) in [6.45, 7) is 4.34. The highest BCUT2D eigenvalue weighted by molar-refractivity contribution is 9.10. The number of fused-ring (bicyclic) bond motifs is 1. The number of rotatable bonds is 1.